The fourth-order valence-corrected chi connectivity index (χ4v) is 2.68. The van der Waals surface area contributed by atoms with Crippen LogP contribution in [-0.2, 0) is 6.18 Å². The molecule has 3 rings (SSSR count). The van der Waals surface area contributed by atoms with Gasteiger partial charge in [-0.25, -0.2) is 4.39 Å². The summed E-state index contributed by atoms with van der Waals surface area (Å²) in [4.78, 5) is 25.1. The number of aliphatic hydroxyl groups excluding tert-OH is 1. The van der Waals surface area contributed by atoms with Crippen LogP contribution in [0.5, 0.6) is 0 Å². The molecule has 0 unspecified atom stereocenters. The molecule has 2 aromatic carbocycles. The highest BCUT2D eigenvalue weighted by Gasteiger charge is 2.30. The molecule has 1 amide bonds. The lowest BCUT2D eigenvalue weighted by Gasteiger charge is -2.12. The van der Waals surface area contributed by atoms with Crippen molar-refractivity contribution in [3.05, 3.63) is 81.9 Å². The van der Waals surface area contributed by atoms with Crippen LogP contribution >= 0.6 is 0 Å². The van der Waals surface area contributed by atoms with E-state index < -0.39 is 29.0 Å². The first-order valence-electron chi connectivity index (χ1n) is 8.67. The Hall–Kier alpha value is -3.53. The molecular formula is C20H15F4N3O3. The van der Waals surface area contributed by atoms with Gasteiger partial charge in [-0.2, -0.15) is 23.0 Å². The van der Waals surface area contributed by atoms with Crippen LogP contribution in [0.3, 0.4) is 0 Å². The average Bonchev–Trinajstić information content (AvgIpc) is 2.71. The van der Waals surface area contributed by atoms with Gasteiger partial charge in [0.2, 0.25) is 0 Å². The molecule has 1 aromatic heterocycles. The fraction of sp³-hybridized carbons (Fsp3) is 0.150. The molecule has 30 heavy (non-hydrogen) atoms. The van der Waals surface area contributed by atoms with Gasteiger partial charge >= 0.3 is 6.18 Å². The molecule has 0 spiro atoms. The topological polar surface area (TPSA) is 84.2 Å². The number of hydrogen-bond acceptors (Lipinski definition) is 4. The number of nitrogens with one attached hydrogen (secondary N) is 1. The van der Waals surface area contributed by atoms with Crippen molar-refractivity contribution >= 4 is 5.91 Å². The van der Waals surface area contributed by atoms with Crippen LogP contribution in [-0.4, -0.2) is 33.9 Å². The molecule has 3 aromatic rings. The Morgan fingerprint density at radius 2 is 1.80 bits per heavy atom. The summed E-state index contributed by atoms with van der Waals surface area (Å²) in [5.41, 5.74) is -1.81. The molecule has 0 bridgehead atoms. The normalized spacial score (nSPS) is 11.4. The second kappa shape index (κ2) is 8.46. The molecule has 0 aliphatic rings. The molecule has 2 N–H and O–H groups in total. The second-order valence-corrected chi connectivity index (χ2v) is 6.19. The molecule has 0 saturated heterocycles. The molecule has 1 heterocycles. The van der Waals surface area contributed by atoms with Gasteiger partial charge in [0.05, 0.1) is 23.6 Å². The summed E-state index contributed by atoms with van der Waals surface area (Å²) in [6.07, 6.45) is -4.53. The standard InChI is InChI=1S/C20H15F4N3O3/c21-14-2-1-3-15(10-14)27-19(30)16(18(29)25-8-9-28)11-17(26-27)12-4-6-13(7-5-12)20(22,23)24/h1-7,10-11,28H,8-9H2,(H,25,29). The number of nitrogens with zero attached hydrogens (tertiary/aromatic N) is 2. The molecule has 0 saturated carbocycles. The van der Waals surface area contributed by atoms with E-state index in [1.807, 2.05) is 0 Å². The highest BCUT2D eigenvalue weighted by Crippen LogP contribution is 2.30. The first-order chi connectivity index (χ1) is 14.2. The third kappa shape index (κ3) is 4.54. The fourth-order valence-electron chi connectivity index (χ4n) is 2.68. The molecule has 0 aliphatic carbocycles. The second-order valence-electron chi connectivity index (χ2n) is 6.19. The zero-order chi connectivity index (χ0) is 21.9. The van der Waals surface area contributed by atoms with Crippen LogP contribution in [0.25, 0.3) is 16.9 Å². The molecule has 0 aliphatic heterocycles. The molecule has 0 atom stereocenters. The average molecular weight is 421 g/mol. The largest absolute Gasteiger partial charge is 0.416 e. The zero-order valence-corrected chi connectivity index (χ0v) is 15.3. The lowest BCUT2D eigenvalue weighted by atomic mass is 10.1. The lowest BCUT2D eigenvalue weighted by molar-refractivity contribution is -0.137. The summed E-state index contributed by atoms with van der Waals surface area (Å²) in [6, 6.07) is 10.1. The minimum Gasteiger partial charge on any atom is -0.395 e. The molecule has 0 fully saturated rings. The number of rotatable bonds is 5. The highest BCUT2D eigenvalue weighted by molar-refractivity contribution is 5.94. The summed E-state index contributed by atoms with van der Waals surface area (Å²) < 4.78 is 52.9. The minimum atomic E-state index is -4.53. The molecule has 156 valence electrons. The van der Waals surface area contributed by atoms with Crippen molar-refractivity contribution in [2.45, 2.75) is 6.18 Å². The maximum atomic E-state index is 13.6. The molecular weight excluding hydrogens is 406 g/mol. The molecule has 10 heteroatoms. The Kier molecular flexibility index (Phi) is 5.97. The Morgan fingerprint density at radius 3 is 2.40 bits per heavy atom. The van der Waals surface area contributed by atoms with Gasteiger partial charge < -0.3 is 10.4 Å². The van der Waals surface area contributed by atoms with Crippen LogP contribution in [0.1, 0.15) is 15.9 Å². The maximum absolute atomic E-state index is 13.6. The monoisotopic (exact) mass is 421 g/mol. The van der Waals surface area contributed by atoms with Crippen molar-refractivity contribution in [1.82, 2.24) is 15.1 Å². The number of benzene rings is 2. The predicted octanol–water partition coefficient (Wildman–Crippen LogP) is 2.78. The van der Waals surface area contributed by atoms with E-state index in [0.717, 1.165) is 47.1 Å². The van der Waals surface area contributed by atoms with Gasteiger partial charge in [0.25, 0.3) is 11.5 Å². The van der Waals surface area contributed by atoms with E-state index >= 15 is 0 Å². The number of amides is 1. The lowest BCUT2D eigenvalue weighted by Crippen LogP contribution is -2.35. The Balaban J connectivity index is 2.16. The van der Waals surface area contributed by atoms with Crippen molar-refractivity contribution in [3.8, 4) is 16.9 Å². The number of hydrogen-bond donors (Lipinski definition) is 2. The van der Waals surface area contributed by atoms with E-state index in [1.54, 1.807) is 0 Å². The first-order valence-corrected chi connectivity index (χ1v) is 8.67. The van der Waals surface area contributed by atoms with Gasteiger partial charge in [-0.1, -0.05) is 18.2 Å². The van der Waals surface area contributed by atoms with Crippen LogP contribution in [0, 0.1) is 5.82 Å². The van der Waals surface area contributed by atoms with Crippen LogP contribution in [0.2, 0.25) is 0 Å². The Labute approximate surface area is 167 Å². The van der Waals surface area contributed by atoms with Gasteiger partial charge in [-0.3, -0.25) is 9.59 Å². The third-order valence-electron chi connectivity index (χ3n) is 4.11. The van der Waals surface area contributed by atoms with E-state index in [0.29, 0.717) is 0 Å². The quantitative estimate of drug-likeness (QED) is 0.621. The predicted molar refractivity (Wildman–Crippen MR) is 99.6 cm³/mol. The minimum absolute atomic E-state index is 0.0294. The first kappa shape index (κ1) is 21.2. The summed E-state index contributed by atoms with van der Waals surface area (Å²) >= 11 is 0. The maximum Gasteiger partial charge on any atom is 0.416 e. The van der Waals surface area contributed by atoms with Crippen molar-refractivity contribution in [1.29, 1.82) is 0 Å². The van der Waals surface area contributed by atoms with Gasteiger partial charge in [0.15, 0.2) is 0 Å². The van der Waals surface area contributed by atoms with E-state index in [-0.39, 0.29) is 35.7 Å². The van der Waals surface area contributed by atoms with Gasteiger partial charge in [0, 0.05) is 12.1 Å². The molecule has 6 nitrogen and oxygen atoms in total. The number of alkyl halides is 3. The van der Waals surface area contributed by atoms with Gasteiger partial charge in [-0.05, 0) is 36.4 Å². The third-order valence-corrected chi connectivity index (χ3v) is 4.11. The number of halogens is 4. The van der Waals surface area contributed by atoms with Gasteiger partial charge in [-0.15, -0.1) is 0 Å². The van der Waals surface area contributed by atoms with E-state index in [9.17, 15) is 27.2 Å². The van der Waals surface area contributed by atoms with Crippen LogP contribution in [0.15, 0.2) is 59.4 Å². The molecule has 0 radical (unpaired) electrons. The summed E-state index contributed by atoms with van der Waals surface area (Å²) in [7, 11) is 0. The van der Waals surface area contributed by atoms with E-state index in [1.165, 1.54) is 12.1 Å². The number of carbonyl (C=O) groups excluding carboxylic acids is 1. The van der Waals surface area contributed by atoms with Crippen molar-refractivity contribution in [3.63, 3.8) is 0 Å². The number of carbonyl (C=O) groups is 1. The summed E-state index contributed by atoms with van der Waals surface area (Å²) in [5, 5.41) is 15.3. The van der Waals surface area contributed by atoms with Crippen LogP contribution < -0.4 is 10.9 Å². The number of aromatic nitrogens is 2. The Morgan fingerprint density at radius 1 is 1.10 bits per heavy atom. The highest BCUT2D eigenvalue weighted by atomic mass is 19.4. The summed E-state index contributed by atoms with van der Waals surface area (Å²) in [5.74, 6) is -1.46. The summed E-state index contributed by atoms with van der Waals surface area (Å²) in [6.45, 7) is -0.475. The van der Waals surface area contributed by atoms with Gasteiger partial charge in [0.1, 0.15) is 11.4 Å². The van der Waals surface area contributed by atoms with E-state index in [2.05, 4.69) is 10.4 Å². The van der Waals surface area contributed by atoms with Crippen molar-refractivity contribution in [2.24, 2.45) is 0 Å². The van der Waals surface area contributed by atoms with Crippen molar-refractivity contribution in [2.75, 3.05) is 13.2 Å². The smallest absolute Gasteiger partial charge is 0.395 e. The van der Waals surface area contributed by atoms with E-state index in [4.69, 9.17) is 5.11 Å². The SMILES string of the molecule is O=C(NCCO)c1cc(-c2ccc(C(F)(F)F)cc2)nn(-c2cccc(F)c2)c1=O. The zero-order valence-electron chi connectivity index (χ0n) is 15.3. The Bertz CT molecular complexity index is 1130. The van der Waals surface area contributed by atoms with Crippen molar-refractivity contribution < 1.29 is 27.5 Å². The van der Waals surface area contributed by atoms with Crippen LogP contribution in [0.4, 0.5) is 17.6 Å². The number of aliphatic hydroxyl groups is 1.